The van der Waals surface area contributed by atoms with Gasteiger partial charge in [-0.25, -0.2) is 4.98 Å². The number of rotatable bonds is 5. The topological polar surface area (TPSA) is 38.1 Å². The Bertz CT molecular complexity index is 394. The highest BCUT2D eigenvalue weighted by atomic mass is 32.1. The number of furan rings is 1. The summed E-state index contributed by atoms with van der Waals surface area (Å²) >= 11 is 1.71. The van der Waals surface area contributed by atoms with Gasteiger partial charge in [-0.1, -0.05) is 6.92 Å². The molecule has 0 radical (unpaired) electrons. The van der Waals surface area contributed by atoms with E-state index in [1.54, 1.807) is 23.9 Å². The summed E-state index contributed by atoms with van der Waals surface area (Å²) in [6.45, 7) is 4.12. The van der Waals surface area contributed by atoms with Gasteiger partial charge in [0.1, 0.15) is 11.3 Å². The van der Waals surface area contributed by atoms with Crippen LogP contribution in [-0.2, 0) is 6.54 Å². The van der Waals surface area contributed by atoms with Gasteiger partial charge in [0, 0.05) is 23.2 Å². The molecule has 0 aromatic carbocycles. The number of aromatic nitrogens is 1. The SMILES string of the molecule is CCCNCc1cnc(-c2ccoc2)s1. The molecule has 0 amide bonds. The molecule has 2 aromatic heterocycles. The van der Waals surface area contributed by atoms with E-state index >= 15 is 0 Å². The molecule has 0 unspecified atom stereocenters. The van der Waals surface area contributed by atoms with Gasteiger partial charge >= 0.3 is 0 Å². The summed E-state index contributed by atoms with van der Waals surface area (Å²) in [7, 11) is 0. The van der Waals surface area contributed by atoms with E-state index in [1.807, 2.05) is 12.3 Å². The highest BCUT2D eigenvalue weighted by Gasteiger charge is 2.04. The molecular weight excluding hydrogens is 208 g/mol. The lowest BCUT2D eigenvalue weighted by Crippen LogP contribution is -2.12. The fourth-order valence-electron chi connectivity index (χ4n) is 1.30. The largest absolute Gasteiger partial charge is 0.472 e. The van der Waals surface area contributed by atoms with Crippen molar-refractivity contribution in [1.29, 1.82) is 0 Å². The molecule has 4 heteroatoms. The minimum Gasteiger partial charge on any atom is -0.472 e. The normalized spacial score (nSPS) is 10.7. The number of thiazole rings is 1. The number of nitrogens with zero attached hydrogens (tertiary/aromatic N) is 1. The molecule has 0 fully saturated rings. The summed E-state index contributed by atoms with van der Waals surface area (Å²) in [5.41, 5.74) is 1.06. The van der Waals surface area contributed by atoms with E-state index in [9.17, 15) is 0 Å². The molecule has 0 bridgehead atoms. The molecule has 0 saturated carbocycles. The summed E-state index contributed by atoms with van der Waals surface area (Å²) in [6, 6.07) is 1.93. The van der Waals surface area contributed by atoms with Crippen molar-refractivity contribution < 1.29 is 4.42 Å². The zero-order valence-corrected chi connectivity index (χ0v) is 9.51. The Balaban J connectivity index is 1.98. The Morgan fingerprint density at radius 3 is 3.20 bits per heavy atom. The lowest BCUT2D eigenvalue weighted by Gasteiger charge is -1.97. The van der Waals surface area contributed by atoms with Gasteiger partial charge in [0.15, 0.2) is 0 Å². The van der Waals surface area contributed by atoms with Crippen LogP contribution in [-0.4, -0.2) is 11.5 Å². The van der Waals surface area contributed by atoms with Crippen LogP contribution in [0.3, 0.4) is 0 Å². The Morgan fingerprint density at radius 1 is 1.53 bits per heavy atom. The molecule has 1 N–H and O–H groups in total. The van der Waals surface area contributed by atoms with E-state index < -0.39 is 0 Å². The van der Waals surface area contributed by atoms with E-state index in [4.69, 9.17) is 4.42 Å². The summed E-state index contributed by atoms with van der Waals surface area (Å²) in [6.07, 6.45) is 6.48. The third-order valence-electron chi connectivity index (χ3n) is 2.05. The molecule has 80 valence electrons. The second-order valence-electron chi connectivity index (χ2n) is 3.32. The molecule has 0 spiro atoms. The third-order valence-corrected chi connectivity index (χ3v) is 3.09. The summed E-state index contributed by atoms with van der Waals surface area (Å²) in [4.78, 5) is 5.62. The van der Waals surface area contributed by atoms with E-state index in [-0.39, 0.29) is 0 Å². The Kier molecular flexibility index (Phi) is 3.53. The standard InChI is InChI=1S/C11H14N2OS/c1-2-4-12-6-10-7-13-11(15-10)9-3-5-14-8-9/h3,5,7-8,12H,2,4,6H2,1H3. The van der Waals surface area contributed by atoms with Crippen molar-refractivity contribution in [3.63, 3.8) is 0 Å². The van der Waals surface area contributed by atoms with Crippen molar-refractivity contribution in [2.24, 2.45) is 0 Å². The van der Waals surface area contributed by atoms with Gasteiger partial charge in [-0.3, -0.25) is 0 Å². The fourth-order valence-corrected chi connectivity index (χ4v) is 2.16. The highest BCUT2D eigenvalue weighted by Crippen LogP contribution is 2.25. The molecule has 0 aliphatic rings. The molecule has 2 heterocycles. The van der Waals surface area contributed by atoms with Crippen molar-refractivity contribution in [2.75, 3.05) is 6.54 Å². The molecule has 2 aromatic rings. The van der Waals surface area contributed by atoms with Crippen LogP contribution >= 0.6 is 11.3 Å². The molecule has 3 nitrogen and oxygen atoms in total. The molecule has 0 saturated heterocycles. The second kappa shape index (κ2) is 5.09. The predicted octanol–water partition coefficient (Wildman–Crippen LogP) is 2.90. The maximum absolute atomic E-state index is 5.03. The molecule has 0 aliphatic heterocycles. The predicted molar refractivity (Wildman–Crippen MR) is 61.8 cm³/mol. The minimum atomic E-state index is 0.906. The van der Waals surface area contributed by atoms with E-state index in [0.29, 0.717) is 0 Å². The van der Waals surface area contributed by atoms with Crippen LogP contribution in [0.2, 0.25) is 0 Å². The number of hydrogen-bond acceptors (Lipinski definition) is 4. The lowest BCUT2D eigenvalue weighted by atomic mass is 10.4. The van der Waals surface area contributed by atoms with Crippen LogP contribution in [0.4, 0.5) is 0 Å². The monoisotopic (exact) mass is 222 g/mol. The lowest BCUT2D eigenvalue weighted by molar-refractivity contribution is 0.568. The van der Waals surface area contributed by atoms with Crippen LogP contribution < -0.4 is 5.32 Å². The average molecular weight is 222 g/mol. The van der Waals surface area contributed by atoms with Crippen molar-refractivity contribution >= 4 is 11.3 Å². The maximum atomic E-state index is 5.03. The zero-order chi connectivity index (χ0) is 10.5. The van der Waals surface area contributed by atoms with Crippen LogP contribution in [0.15, 0.2) is 29.2 Å². The molecule has 2 rings (SSSR count). The fraction of sp³-hybridized carbons (Fsp3) is 0.364. The van der Waals surface area contributed by atoms with Crippen molar-refractivity contribution in [1.82, 2.24) is 10.3 Å². The molecule has 0 atom stereocenters. The minimum absolute atomic E-state index is 0.906. The summed E-state index contributed by atoms with van der Waals surface area (Å²) in [5.74, 6) is 0. The van der Waals surface area contributed by atoms with Gasteiger partial charge in [0.25, 0.3) is 0 Å². The molecule has 0 aliphatic carbocycles. The first-order valence-corrected chi connectivity index (χ1v) is 5.90. The Morgan fingerprint density at radius 2 is 2.47 bits per heavy atom. The van der Waals surface area contributed by atoms with Gasteiger partial charge in [-0.15, -0.1) is 11.3 Å². The molecular formula is C11H14N2OS. The quantitative estimate of drug-likeness (QED) is 0.790. The van der Waals surface area contributed by atoms with E-state index in [1.165, 1.54) is 4.88 Å². The van der Waals surface area contributed by atoms with Gasteiger partial charge in [0.05, 0.1) is 6.26 Å². The summed E-state index contributed by atoms with van der Waals surface area (Å²) < 4.78 is 5.03. The first kappa shape index (κ1) is 10.4. The first-order chi connectivity index (χ1) is 7.40. The summed E-state index contributed by atoms with van der Waals surface area (Å²) in [5, 5.41) is 4.38. The third kappa shape index (κ3) is 2.67. The maximum Gasteiger partial charge on any atom is 0.126 e. The number of hydrogen-bond donors (Lipinski definition) is 1. The highest BCUT2D eigenvalue weighted by molar-refractivity contribution is 7.15. The van der Waals surface area contributed by atoms with Gasteiger partial charge in [-0.2, -0.15) is 0 Å². The van der Waals surface area contributed by atoms with Crippen molar-refractivity contribution in [3.8, 4) is 10.6 Å². The van der Waals surface area contributed by atoms with Gasteiger partial charge in [0.2, 0.25) is 0 Å². The van der Waals surface area contributed by atoms with Crippen LogP contribution in [0.25, 0.3) is 10.6 Å². The van der Waals surface area contributed by atoms with Crippen LogP contribution in [0, 0.1) is 0 Å². The Hall–Kier alpha value is -1.13. The molecule has 15 heavy (non-hydrogen) atoms. The van der Waals surface area contributed by atoms with Gasteiger partial charge < -0.3 is 9.73 Å². The van der Waals surface area contributed by atoms with Crippen LogP contribution in [0.5, 0.6) is 0 Å². The Labute approximate surface area is 93.2 Å². The zero-order valence-electron chi connectivity index (χ0n) is 8.69. The van der Waals surface area contributed by atoms with Crippen molar-refractivity contribution in [3.05, 3.63) is 29.7 Å². The van der Waals surface area contributed by atoms with E-state index in [0.717, 1.165) is 30.1 Å². The van der Waals surface area contributed by atoms with Crippen LogP contribution in [0.1, 0.15) is 18.2 Å². The van der Waals surface area contributed by atoms with Crippen molar-refractivity contribution in [2.45, 2.75) is 19.9 Å². The average Bonchev–Trinajstić information content (AvgIpc) is 2.87. The second-order valence-corrected chi connectivity index (χ2v) is 4.44. The first-order valence-electron chi connectivity index (χ1n) is 5.08. The smallest absolute Gasteiger partial charge is 0.126 e. The van der Waals surface area contributed by atoms with E-state index in [2.05, 4.69) is 17.2 Å². The van der Waals surface area contributed by atoms with Gasteiger partial charge in [-0.05, 0) is 19.0 Å². The number of nitrogens with one attached hydrogen (secondary N) is 1.